The summed E-state index contributed by atoms with van der Waals surface area (Å²) in [6.07, 6.45) is 2.58. The van der Waals surface area contributed by atoms with Crippen molar-refractivity contribution in [3.05, 3.63) is 35.4 Å². The molecule has 19 heavy (non-hydrogen) atoms. The lowest BCUT2D eigenvalue weighted by atomic mass is 9.88. The highest BCUT2D eigenvalue weighted by Crippen LogP contribution is 2.30. The molecule has 2 nitrogen and oxygen atoms in total. The number of likely N-dealkylation sites (N-methyl/N-ethyl adjacent to an activating group) is 1. The Kier molecular flexibility index (Phi) is 4.53. The summed E-state index contributed by atoms with van der Waals surface area (Å²) in [5, 5.41) is 3.38. The lowest BCUT2D eigenvalue weighted by Crippen LogP contribution is -2.49. The Morgan fingerprint density at radius 1 is 1.32 bits per heavy atom. The Hall–Kier alpha value is -1.00. The molecule has 1 aromatic rings. The minimum absolute atomic E-state index is 0.0706. The second kappa shape index (κ2) is 5.97. The summed E-state index contributed by atoms with van der Waals surface area (Å²) in [6, 6.07) is 3.76. The molecule has 2 rings (SSSR count). The first-order valence-corrected chi connectivity index (χ1v) is 6.86. The fraction of sp³-hybridized carbons (Fsp3) is 0.600. The summed E-state index contributed by atoms with van der Waals surface area (Å²) in [6.45, 7) is 5.66. The van der Waals surface area contributed by atoms with E-state index in [1.807, 2.05) is 6.92 Å². The van der Waals surface area contributed by atoms with E-state index in [9.17, 15) is 8.78 Å². The van der Waals surface area contributed by atoms with Crippen LogP contribution in [0.1, 0.15) is 32.3 Å². The molecule has 1 aliphatic heterocycles. The van der Waals surface area contributed by atoms with Gasteiger partial charge in [-0.2, -0.15) is 0 Å². The van der Waals surface area contributed by atoms with Gasteiger partial charge >= 0.3 is 0 Å². The van der Waals surface area contributed by atoms with Crippen LogP contribution in [0.4, 0.5) is 8.78 Å². The van der Waals surface area contributed by atoms with Crippen LogP contribution in [-0.2, 0) is 11.2 Å². The van der Waals surface area contributed by atoms with Crippen molar-refractivity contribution in [3.63, 3.8) is 0 Å². The molecule has 1 heterocycles. The predicted octanol–water partition coefficient (Wildman–Crippen LogP) is 3.05. The van der Waals surface area contributed by atoms with Crippen LogP contribution in [0.2, 0.25) is 0 Å². The van der Waals surface area contributed by atoms with Crippen LogP contribution in [0.15, 0.2) is 18.2 Å². The Bertz CT molecular complexity index is 410. The standard InChI is InChI=1S/C15H21F2NO/c1-3-18-14(15(2)5-4-6-19-15)9-11-7-12(16)10-13(17)8-11/h7-8,10,14,18H,3-6,9H2,1-2H3. The second-order valence-electron chi connectivity index (χ2n) is 5.36. The van der Waals surface area contributed by atoms with Gasteiger partial charge in [0.2, 0.25) is 0 Å². The molecule has 0 aliphatic carbocycles. The topological polar surface area (TPSA) is 21.3 Å². The van der Waals surface area contributed by atoms with Gasteiger partial charge in [0.1, 0.15) is 11.6 Å². The second-order valence-corrected chi connectivity index (χ2v) is 5.36. The van der Waals surface area contributed by atoms with Crippen molar-refractivity contribution < 1.29 is 13.5 Å². The van der Waals surface area contributed by atoms with Crippen molar-refractivity contribution in [2.75, 3.05) is 13.2 Å². The van der Waals surface area contributed by atoms with Crippen LogP contribution in [0.3, 0.4) is 0 Å². The minimum atomic E-state index is -0.525. The molecule has 1 aromatic carbocycles. The molecule has 2 atom stereocenters. The Balaban J connectivity index is 2.15. The molecule has 2 unspecified atom stereocenters. The van der Waals surface area contributed by atoms with E-state index in [2.05, 4.69) is 12.2 Å². The van der Waals surface area contributed by atoms with E-state index in [0.29, 0.717) is 12.0 Å². The molecule has 0 radical (unpaired) electrons. The molecule has 0 saturated carbocycles. The zero-order valence-corrected chi connectivity index (χ0v) is 11.5. The Labute approximate surface area is 113 Å². The van der Waals surface area contributed by atoms with E-state index in [1.54, 1.807) is 0 Å². The van der Waals surface area contributed by atoms with Crippen molar-refractivity contribution in [3.8, 4) is 0 Å². The lowest BCUT2D eigenvalue weighted by Gasteiger charge is -2.34. The molecule has 0 bridgehead atoms. The third kappa shape index (κ3) is 3.51. The van der Waals surface area contributed by atoms with Gasteiger partial charge in [-0.25, -0.2) is 8.78 Å². The van der Waals surface area contributed by atoms with Gasteiger partial charge in [0.05, 0.1) is 5.60 Å². The highest BCUT2D eigenvalue weighted by molar-refractivity contribution is 5.20. The molecule has 1 N–H and O–H groups in total. The molecule has 0 amide bonds. The quantitative estimate of drug-likeness (QED) is 0.887. The molecule has 106 valence electrons. The summed E-state index contributed by atoms with van der Waals surface area (Å²) in [5.41, 5.74) is 0.416. The van der Waals surface area contributed by atoms with E-state index >= 15 is 0 Å². The Morgan fingerprint density at radius 3 is 2.53 bits per heavy atom. The van der Waals surface area contributed by atoms with E-state index in [-0.39, 0.29) is 11.6 Å². The summed E-state index contributed by atoms with van der Waals surface area (Å²) >= 11 is 0. The molecule has 0 spiro atoms. The van der Waals surface area contributed by atoms with Crippen molar-refractivity contribution >= 4 is 0 Å². The number of halogens is 2. The maximum atomic E-state index is 13.2. The van der Waals surface area contributed by atoms with Crippen LogP contribution >= 0.6 is 0 Å². The maximum absolute atomic E-state index is 13.2. The molecule has 0 aromatic heterocycles. The summed E-state index contributed by atoms with van der Waals surface area (Å²) in [4.78, 5) is 0. The van der Waals surface area contributed by atoms with E-state index in [4.69, 9.17) is 4.74 Å². The monoisotopic (exact) mass is 269 g/mol. The third-order valence-corrected chi connectivity index (χ3v) is 3.80. The van der Waals surface area contributed by atoms with Crippen LogP contribution in [0.25, 0.3) is 0 Å². The molecule has 1 saturated heterocycles. The number of ether oxygens (including phenoxy) is 1. The van der Waals surface area contributed by atoms with Gasteiger partial charge in [0, 0.05) is 18.7 Å². The molecule has 1 fully saturated rings. The number of benzene rings is 1. The normalized spacial score (nSPS) is 24.6. The van der Waals surface area contributed by atoms with Gasteiger partial charge in [-0.3, -0.25) is 0 Å². The minimum Gasteiger partial charge on any atom is -0.374 e. The highest BCUT2D eigenvalue weighted by atomic mass is 19.1. The van der Waals surface area contributed by atoms with Crippen LogP contribution < -0.4 is 5.32 Å². The van der Waals surface area contributed by atoms with Crippen LogP contribution in [-0.4, -0.2) is 24.8 Å². The number of hydrogen-bond donors (Lipinski definition) is 1. The van der Waals surface area contributed by atoms with Crippen molar-refractivity contribution in [1.29, 1.82) is 0 Å². The average Bonchev–Trinajstić information content (AvgIpc) is 2.75. The fourth-order valence-electron chi connectivity index (χ4n) is 2.79. The molecule has 4 heteroatoms. The summed E-state index contributed by atoms with van der Waals surface area (Å²) < 4.78 is 32.3. The molecular weight excluding hydrogens is 248 g/mol. The van der Waals surface area contributed by atoms with Crippen molar-refractivity contribution in [2.24, 2.45) is 0 Å². The largest absolute Gasteiger partial charge is 0.374 e. The van der Waals surface area contributed by atoms with Gasteiger partial charge in [0.25, 0.3) is 0 Å². The number of hydrogen-bond acceptors (Lipinski definition) is 2. The van der Waals surface area contributed by atoms with Crippen molar-refractivity contribution in [2.45, 2.75) is 44.8 Å². The summed E-state index contributed by atoms with van der Waals surface area (Å²) in [7, 11) is 0. The molecule has 1 aliphatic rings. The van der Waals surface area contributed by atoms with E-state index in [0.717, 1.165) is 32.1 Å². The zero-order valence-electron chi connectivity index (χ0n) is 11.5. The highest BCUT2D eigenvalue weighted by Gasteiger charge is 2.37. The maximum Gasteiger partial charge on any atom is 0.126 e. The smallest absolute Gasteiger partial charge is 0.126 e. The lowest BCUT2D eigenvalue weighted by molar-refractivity contribution is -0.0110. The van der Waals surface area contributed by atoms with Gasteiger partial charge in [-0.1, -0.05) is 6.92 Å². The van der Waals surface area contributed by atoms with Crippen LogP contribution in [0.5, 0.6) is 0 Å². The Morgan fingerprint density at radius 2 is 2.00 bits per heavy atom. The first kappa shape index (κ1) is 14.4. The van der Waals surface area contributed by atoms with Gasteiger partial charge in [-0.05, 0) is 50.4 Å². The first-order chi connectivity index (χ1) is 9.03. The van der Waals surface area contributed by atoms with E-state index < -0.39 is 11.6 Å². The van der Waals surface area contributed by atoms with Crippen LogP contribution in [0, 0.1) is 11.6 Å². The average molecular weight is 269 g/mol. The molecular formula is C15H21F2NO. The third-order valence-electron chi connectivity index (χ3n) is 3.80. The zero-order chi connectivity index (χ0) is 13.9. The van der Waals surface area contributed by atoms with E-state index in [1.165, 1.54) is 12.1 Å². The SMILES string of the molecule is CCNC(Cc1cc(F)cc(F)c1)C1(C)CCCO1. The number of rotatable bonds is 5. The first-order valence-electron chi connectivity index (χ1n) is 6.86. The van der Waals surface area contributed by atoms with Gasteiger partial charge in [0.15, 0.2) is 0 Å². The number of nitrogens with one attached hydrogen (secondary N) is 1. The van der Waals surface area contributed by atoms with Gasteiger partial charge < -0.3 is 10.1 Å². The summed E-state index contributed by atoms with van der Waals surface area (Å²) in [5.74, 6) is -1.05. The fourth-order valence-corrected chi connectivity index (χ4v) is 2.79. The van der Waals surface area contributed by atoms with Crippen molar-refractivity contribution in [1.82, 2.24) is 5.32 Å². The predicted molar refractivity (Wildman–Crippen MR) is 71.1 cm³/mol. The van der Waals surface area contributed by atoms with Gasteiger partial charge in [-0.15, -0.1) is 0 Å².